The van der Waals surface area contributed by atoms with Crippen LogP contribution in [0.4, 0.5) is 13.2 Å². The lowest BCUT2D eigenvalue weighted by Gasteiger charge is -2.29. The van der Waals surface area contributed by atoms with E-state index in [-0.39, 0.29) is 17.7 Å². The molecule has 23 heavy (non-hydrogen) atoms. The molecule has 2 rings (SSSR count). The van der Waals surface area contributed by atoms with Crippen molar-refractivity contribution in [1.82, 2.24) is 14.9 Å². The Hall–Kier alpha value is -0.900. The van der Waals surface area contributed by atoms with E-state index in [1.807, 2.05) is 27.7 Å². The summed E-state index contributed by atoms with van der Waals surface area (Å²) in [6.07, 6.45) is -3.69. The summed E-state index contributed by atoms with van der Waals surface area (Å²) in [6.45, 7) is 8.03. The molecule has 2 heterocycles. The van der Waals surface area contributed by atoms with Gasteiger partial charge < -0.3 is 4.55 Å². The normalized spacial score (nSPS) is 14.4. The van der Waals surface area contributed by atoms with Crippen molar-refractivity contribution in [1.29, 1.82) is 0 Å². The Morgan fingerprint density at radius 1 is 1.26 bits per heavy atom. The van der Waals surface area contributed by atoms with Crippen LogP contribution in [-0.4, -0.2) is 37.4 Å². The molecule has 0 radical (unpaired) electrons. The number of fused-ring (bicyclic) bond motifs is 1. The first-order valence-corrected chi connectivity index (χ1v) is 9.21. The van der Waals surface area contributed by atoms with Gasteiger partial charge in [0.1, 0.15) is 0 Å². The number of halogens is 3. The summed E-state index contributed by atoms with van der Waals surface area (Å²) >= 11 is -0.402. The maximum atomic E-state index is 12.7. The molecule has 0 bridgehead atoms. The molecule has 0 aliphatic rings. The van der Waals surface area contributed by atoms with E-state index in [0.29, 0.717) is 14.9 Å². The molecule has 0 amide bonds. The largest absolute Gasteiger partial charge is 0.609 e. The Kier molecular flexibility index (Phi) is 5.55. The summed E-state index contributed by atoms with van der Waals surface area (Å²) in [4.78, 5) is 9.90. The first kappa shape index (κ1) is 18.4. The summed E-state index contributed by atoms with van der Waals surface area (Å²) < 4.78 is 51.2. The molecular weight excluding hydrogens is 347 g/mol. The van der Waals surface area contributed by atoms with E-state index in [9.17, 15) is 17.7 Å². The van der Waals surface area contributed by atoms with Crippen LogP contribution < -0.4 is 0 Å². The van der Waals surface area contributed by atoms with E-state index in [4.69, 9.17) is 0 Å². The van der Waals surface area contributed by atoms with Crippen molar-refractivity contribution >= 4 is 32.9 Å². The van der Waals surface area contributed by atoms with Gasteiger partial charge >= 0.3 is 10.5 Å². The summed E-state index contributed by atoms with van der Waals surface area (Å²) in [5, 5.41) is 0. The summed E-state index contributed by atoms with van der Waals surface area (Å²) in [5.41, 5.74) is -0.621. The number of hydrogen-bond acceptors (Lipinski definition) is 5. The molecule has 0 saturated heterocycles. The van der Waals surface area contributed by atoms with Gasteiger partial charge in [-0.25, -0.2) is 4.98 Å². The fourth-order valence-electron chi connectivity index (χ4n) is 2.14. The van der Waals surface area contributed by atoms with E-state index < -0.39 is 22.9 Å². The third-order valence-corrected chi connectivity index (χ3v) is 5.95. The molecule has 9 heteroatoms. The molecule has 0 aliphatic carbocycles. The smallest absolute Gasteiger partial charge is 0.417 e. The molecule has 0 fully saturated rings. The summed E-state index contributed by atoms with van der Waals surface area (Å²) in [7, 11) is 0. The fraction of sp³-hybridized carbons (Fsp3) is 0.571. The van der Waals surface area contributed by atoms with Gasteiger partial charge in [-0.2, -0.15) is 18.2 Å². The predicted octanol–water partition coefficient (Wildman–Crippen LogP) is 3.89. The highest BCUT2D eigenvalue weighted by atomic mass is 32.2. The summed E-state index contributed by atoms with van der Waals surface area (Å²) in [6, 6.07) is 1.43. The van der Waals surface area contributed by atoms with E-state index >= 15 is 0 Å². The van der Waals surface area contributed by atoms with Crippen LogP contribution in [0.5, 0.6) is 0 Å². The number of hydrogen-bond donors (Lipinski definition) is 0. The monoisotopic (exact) mass is 365 g/mol. The minimum Gasteiger partial charge on any atom is -0.609 e. The van der Waals surface area contributed by atoms with Crippen LogP contribution in [0.3, 0.4) is 0 Å². The van der Waals surface area contributed by atoms with Crippen molar-refractivity contribution in [2.45, 2.75) is 50.3 Å². The van der Waals surface area contributed by atoms with Crippen molar-refractivity contribution in [3.05, 3.63) is 17.8 Å². The van der Waals surface area contributed by atoms with Crippen LogP contribution in [0.25, 0.3) is 10.3 Å². The van der Waals surface area contributed by atoms with E-state index in [1.54, 1.807) is 0 Å². The molecule has 2 aromatic heterocycles. The average Bonchev–Trinajstić information content (AvgIpc) is 2.85. The molecule has 0 spiro atoms. The zero-order valence-electron chi connectivity index (χ0n) is 13.2. The van der Waals surface area contributed by atoms with E-state index in [1.165, 1.54) is 0 Å². The second-order valence-electron chi connectivity index (χ2n) is 5.70. The Bertz CT molecular complexity index is 665. The quantitative estimate of drug-likeness (QED) is 0.754. The lowest BCUT2D eigenvalue weighted by atomic mass is 10.2. The number of pyridine rings is 1. The first-order valence-electron chi connectivity index (χ1n) is 7.07. The maximum absolute atomic E-state index is 12.7. The van der Waals surface area contributed by atoms with Gasteiger partial charge in [-0.1, -0.05) is 11.3 Å². The van der Waals surface area contributed by atoms with Crippen LogP contribution in [0.2, 0.25) is 0 Å². The third kappa shape index (κ3) is 4.34. The molecule has 0 aromatic carbocycles. The zero-order chi connectivity index (χ0) is 17.4. The molecule has 0 N–H and O–H groups in total. The van der Waals surface area contributed by atoms with E-state index in [0.717, 1.165) is 23.6 Å². The Morgan fingerprint density at radius 3 is 2.39 bits per heavy atom. The molecule has 0 saturated carbocycles. The predicted molar refractivity (Wildman–Crippen MR) is 85.8 cm³/mol. The number of alkyl halides is 3. The average molecular weight is 365 g/mol. The van der Waals surface area contributed by atoms with Gasteiger partial charge in [0, 0.05) is 29.5 Å². The second kappa shape index (κ2) is 6.92. The molecule has 1 unspecified atom stereocenters. The van der Waals surface area contributed by atoms with Crippen molar-refractivity contribution in [3.63, 3.8) is 0 Å². The molecule has 128 valence electrons. The van der Waals surface area contributed by atoms with Crippen LogP contribution in [0.1, 0.15) is 33.3 Å². The van der Waals surface area contributed by atoms with Gasteiger partial charge in [-0.3, -0.25) is 4.90 Å². The van der Waals surface area contributed by atoms with Gasteiger partial charge in [0.05, 0.1) is 10.3 Å². The van der Waals surface area contributed by atoms with Gasteiger partial charge in [-0.15, -0.1) is 0 Å². The molecule has 2 aromatic rings. The highest BCUT2D eigenvalue weighted by Crippen LogP contribution is 2.33. The number of nitrogens with zero attached hydrogens (tertiary/aromatic N) is 3. The molecule has 1 atom stereocenters. The minimum atomic E-state index is -4.45. The van der Waals surface area contributed by atoms with Crippen LogP contribution in [0.15, 0.2) is 16.6 Å². The Morgan fingerprint density at radius 2 is 1.87 bits per heavy atom. The third-order valence-electron chi connectivity index (χ3n) is 3.34. The highest BCUT2D eigenvalue weighted by molar-refractivity contribution is 7.93. The zero-order valence-corrected chi connectivity index (χ0v) is 14.8. The second-order valence-corrected chi connectivity index (χ2v) is 8.32. The van der Waals surface area contributed by atoms with Gasteiger partial charge in [-0.05, 0) is 33.8 Å². The minimum absolute atomic E-state index is 0.201. The van der Waals surface area contributed by atoms with Crippen LogP contribution >= 0.6 is 11.3 Å². The Labute approximate surface area is 139 Å². The van der Waals surface area contributed by atoms with Gasteiger partial charge in [0.15, 0.2) is 11.5 Å². The standard InChI is InChI=1S/C14H18F3N3OS2/c1-8(2)20(9(3)4)7-23(21)13-19-12-11(22-13)5-10(6-18-12)14(15,16)17/h5-6,8-9H,7H2,1-4H3. The number of rotatable bonds is 5. The molecule has 4 nitrogen and oxygen atoms in total. The molecule has 0 aliphatic heterocycles. The van der Waals surface area contributed by atoms with Crippen molar-refractivity contribution < 1.29 is 17.7 Å². The summed E-state index contributed by atoms with van der Waals surface area (Å²) in [5.74, 6) is 0.293. The first-order chi connectivity index (χ1) is 10.6. The highest BCUT2D eigenvalue weighted by Gasteiger charge is 2.32. The maximum Gasteiger partial charge on any atom is 0.417 e. The number of thiazole rings is 1. The van der Waals surface area contributed by atoms with Gasteiger partial charge in [0.25, 0.3) is 0 Å². The lowest BCUT2D eigenvalue weighted by Crippen LogP contribution is -2.40. The SMILES string of the molecule is CC(C)N(C[S+]([O-])c1nc2ncc(C(F)(F)F)cc2s1)C(C)C. The fourth-order valence-corrected chi connectivity index (χ4v) is 4.80. The van der Waals surface area contributed by atoms with Gasteiger partial charge in [0.2, 0.25) is 0 Å². The van der Waals surface area contributed by atoms with Crippen molar-refractivity contribution in [2.24, 2.45) is 0 Å². The molecular formula is C14H18F3N3OS2. The van der Waals surface area contributed by atoms with Crippen molar-refractivity contribution in [3.8, 4) is 0 Å². The number of aromatic nitrogens is 2. The topological polar surface area (TPSA) is 52.1 Å². The van der Waals surface area contributed by atoms with Crippen molar-refractivity contribution in [2.75, 3.05) is 5.88 Å². The van der Waals surface area contributed by atoms with E-state index in [2.05, 4.69) is 14.9 Å². The van der Waals surface area contributed by atoms with Crippen LogP contribution in [-0.2, 0) is 17.4 Å². The Balaban J connectivity index is 2.26. The lowest BCUT2D eigenvalue weighted by molar-refractivity contribution is -0.137. The van der Waals surface area contributed by atoms with Crippen LogP contribution in [0, 0.1) is 0 Å².